The SMILES string of the molecule is Cc1nn(Cc2cccc(Br)c2)cc1C(=O)N1C[C@@H](C)N(Cc2cn(-c3ccc(F)cc3Cl)nn2)[C@@H](C)C1. The van der Waals surface area contributed by atoms with Gasteiger partial charge in [-0.2, -0.15) is 5.10 Å². The number of amides is 1. The zero-order valence-corrected chi connectivity index (χ0v) is 23.7. The second-order valence-electron chi connectivity index (χ2n) is 9.79. The van der Waals surface area contributed by atoms with Crippen molar-refractivity contribution in [3.05, 3.63) is 92.7 Å². The van der Waals surface area contributed by atoms with Gasteiger partial charge < -0.3 is 4.90 Å². The van der Waals surface area contributed by atoms with Crippen LogP contribution in [0.3, 0.4) is 0 Å². The molecule has 2 aromatic heterocycles. The van der Waals surface area contributed by atoms with Crippen molar-refractivity contribution in [1.29, 1.82) is 0 Å². The molecule has 3 heterocycles. The van der Waals surface area contributed by atoms with Gasteiger partial charge in [-0.05, 0) is 56.7 Å². The Labute approximate surface area is 234 Å². The number of piperazine rings is 1. The number of hydrogen-bond acceptors (Lipinski definition) is 5. The Morgan fingerprint density at radius 3 is 2.58 bits per heavy atom. The van der Waals surface area contributed by atoms with Crippen LogP contribution in [0.1, 0.15) is 41.2 Å². The van der Waals surface area contributed by atoms with Gasteiger partial charge in [0.15, 0.2) is 0 Å². The lowest BCUT2D eigenvalue weighted by molar-refractivity contribution is 0.0263. The molecule has 0 saturated carbocycles. The normalized spacial score (nSPS) is 18.2. The van der Waals surface area contributed by atoms with Gasteiger partial charge in [-0.25, -0.2) is 9.07 Å². The number of nitrogens with zero attached hydrogens (tertiary/aromatic N) is 7. The zero-order valence-electron chi connectivity index (χ0n) is 21.4. The Bertz CT molecular complexity index is 1460. The third-order valence-electron chi connectivity index (χ3n) is 6.84. The van der Waals surface area contributed by atoms with E-state index in [2.05, 4.69) is 50.1 Å². The first-order valence-electron chi connectivity index (χ1n) is 12.4. The maximum Gasteiger partial charge on any atom is 0.257 e. The largest absolute Gasteiger partial charge is 0.335 e. The van der Waals surface area contributed by atoms with Gasteiger partial charge in [-0.15, -0.1) is 5.10 Å². The Hall–Kier alpha value is -3.08. The number of rotatable bonds is 6. The highest BCUT2D eigenvalue weighted by Gasteiger charge is 2.33. The van der Waals surface area contributed by atoms with Crippen molar-refractivity contribution in [2.45, 2.75) is 45.9 Å². The molecule has 1 aliphatic rings. The number of benzene rings is 2. The van der Waals surface area contributed by atoms with Crippen molar-refractivity contribution in [2.75, 3.05) is 13.1 Å². The fourth-order valence-electron chi connectivity index (χ4n) is 4.98. The molecule has 0 unspecified atom stereocenters. The average molecular weight is 601 g/mol. The van der Waals surface area contributed by atoms with E-state index in [1.54, 1.807) is 16.9 Å². The highest BCUT2D eigenvalue weighted by molar-refractivity contribution is 9.10. The smallest absolute Gasteiger partial charge is 0.257 e. The molecule has 1 fully saturated rings. The number of halogens is 3. The Morgan fingerprint density at radius 2 is 1.87 bits per heavy atom. The van der Waals surface area contributed by atoms with Gasteiger partial charge in [0.1, 0.15) is 5.82 Å². The standard InChI is InChI=1S/C27H28BrClFN7O/c1-17-11-34(27(38)24-16-35(32-19(24)3)13-20-5-4-6-21(28)9-20)12-18(2)36(17)14-23-15-37(33-31-23)26-8-7-22(30)10-25(26)29/h4-10,15-18H,11-14H2,1-3H3/t17-,18+. The van der Waals surface area contributed by atoms with Crippen LogP contribution < -0.4 is 0 Å². The molecule has 4 aromatic rings. The first kappa shape index (κ1) is 26.5. The van der Waals surface area contributed by atoms with Crippen molar-refractivity contribution in [3.8, 4) is 5.69 Å². The highest BCUT2D eigenvalue weighted by Crippen LogP contribution is 2.24. The van der Waals surface area contributed by atoms with Gasteiger partial charge in [0, 0.05) is 42.4 Å². The Morgan fingerprint density at radius 1 is 1.11 bits per heavy atom. The van der Waals surface area contributed by atoms with Crippen LogP contribution in [0.5, 0.6) is 0 Å². The van der Waals surface area contributed by atoms with Gasteiger partial charge in [-0.1, -0.05) is 44.9 Å². The summed E-state index contributed by atoms with van der Waals surface area (Å²) in [4.78, 5) is 17.7. The minimum absolute atomic E-state index is 0.00163. The predicted octanol–water partition coefficient (Wildman–Crippen LogP) is 5.11. The molecule has 11 heteroatoms. The lowest BCUT2D eigenvalue weighted by Gasteiger charge is -2.44. The van der Waals surface area contributed by atoms with Crippen LogP contribution in [0, 0.1) is 12.7 Å². The molecule has 0 radical (unpaired) electrons. The average Bonchev–Trinajstić information content (AvgIpc) is 3.47. The van der Waals surface area contributed by atoms with Crippen LogP contribution in [0.15, 0.2) is 59.3 Å². The summed E-state index contributed by atoms with van der Waals surface area (Å²) in [6.45, 7) is 8.46. The fraction of sp³-hybridized carbons (Fsp3) is 0.333. The van der Waals surface area contributed by atoms with Gasteiger partial charge in [0.25, 0.3) is 5.91 Å². The second kappa shape index (κ2) is 11.0. The van der Waals surface area contributed by atoms with Crippen LogP contribution in [0.2, 0.25) is 5.02 Å². The van der Waals surface area contributed by atoms with E-state index >= 15 is 0 Å². The van der Waals surface area contributed by atoms with E-state index in [1.165, 1.54) is 12.1 Å². The lowest BCUT2D eigenvalue weighted by atomic mass is 10.1. The van der Waals surface area contributed by atoms with Gasteiger partial charge in [0.05, 0.1) is 40.4 Å². The van der Waals surface area contributed by atoms with E-state index in [0.717, 1.165) is 21.4 Å². The quantitative estimate of drug-likeness (QED) is 0.308. The molecule has 1 amide bonds. The van der Waals surface area contributed by atoms with Crippen LogP contribution in [0.25, 0.3) is 5.69 Å². The highest BCUT2D eigenvalue weighted by atomic mass is 79.9. The minimum Gasteiger partial charge on any atom is -0.335 e. The number of carbonyl (C=O) groups excluding carboxylic acids is 1. The lowest BCUT2D eigenvalue weighted by Crippen LogP contribution is -2.57. The summed E-state index contributed by atoms with van der Waals surface area (Å²) < 4.78 is 17.8. The van der Waals surface area contributed by atoms with E-state index in [0.29, 0.717) is 37.4 Å². The monoisotopic (exact) mass is 599 g/mol. The maximum absolute atomic E-state index is 13.5. The summed E-state index contributed by atoms with van der Waals surface area (Å²) in [5, 5.41) is 13.3. The summed E-state index contributed by atoms with van der Waals surface area (Å²) >= 11 is 9.69. The maximum atomic E-state index is 13.5. The molecule has 38 heavy (non-hydrogen) atoms. The predicted molar refractivity (Wildman–Crippen MR) is 147 cm³/mol. The molecule has 5 rings (SSSR count). The van der Waals surface area contributed by atoms with Crippen LogP contribution >= 0.6 is 27.5 Å². The van der Waals surface area contributed by atoms with E-state index in [-0.39, 0.29) is 23.0 Å². The van der Waals surface area contributed by atoms with E-state index < -0.39 is 5.82 Å². The van der Waals surface area contributed by atoms with Gasteiger partial charge in [-0.3, -0.25) is 14.4 Å². The number of carbonyl (C=O) groups is 1. The van der Waals surface area contributed by atoms with E-state index in [9.17, 15) is 9.18 Å². The first-order valence-corrected chi connectivity index (χ1v) is 13.5. The molecule has 0 aliphatic carbocycles. The summed E-state index contributed by atoms with van der Waals surface area (Å²) in [7, 11) is 0. The molecule has 1 aliphatic heterocycles. The molecule has 8 nitrogen and oxygen atoms in total. The summed E-state index contributed by atoms with van der Waals surface area (Å²) in [6.07, 6.45) is 3.65. The Balaban J connectivity index is 1.25. The third kappa shape index (κ3) is 5.67. The van der Waals surface area contributed by atoms with Crippen LogP contribution in [-0.2, 0) is 13.1 Å². The molecule has 0 N–H and O–H groups in total. The molecule has 0 spiro atoms. The van der Waals surface area contributed by atoms with Crippen molar-refractivity contribution >= 4 is 33.4 Å². The van der Waals surface area contributed by atoms with Crippen molar-refractivity contribution in [1.82, 2.24) is 34.6 Å². The number of hydrogen-bond donors (Lipinski definition) is 0. The zero-order chi connectivity index (χ0) is 27.0. The number of aryl methyl sites for hydroxylation is 1. The van der Waals surface area contributed by atoms with E-state index in [4.69, 9.17) is 11.6 Å². The molecule has 0 bridgehead atoms. The molecule has 2 atom stereocenters. The summed E-state index contributed by atoms with van der Waals surface area (Å²) in [5.41, 5.74) is 3.80. The van der Waals surface area contributed by atoms with Crippen molar-refractivity contribution < 1.29 is 9.18 Å². The second-order valence-corrected chi connectivity index (χ2v) is 11.1. The van der Waals surface area contributed by atoms with Crippen molar-refractivity contribution in [2.24, 2.45) is 0 Å². The number of aromatic nitrogens is 5. The topological polar surface area (TPSA) is 72.1 Å². The van der Waals surface area contributed by atoms with Gasteiger partial charge >= 0.3 is 0 Å². The van der Waals surface area contributed by atoms with Crippen LogP contribution in [0.4, 0.5) is 4.39 Å². The Kier molecular flexibility index (Phi) is 7.65. The molecule has 198 valence electrons. The molecular weight excluding hydrogens is 573 g/mol. The first-order chi connectivity index (χ1) is 18.2. The summed E-state index contributed by atoms with van der Waals surface area (Å²) in [6, 6.07) is 12.5. The van der Waals surface area contributed by atoms with E-state index in [1.807, 2.05) is 47.0 Å². The third-order valence-corrected chi connectivity index (χ3v) is 7.64. The molecule has 1 saturated heterocycles. The van der Waals surface area contributed by atoms with Gasteiger partial charge in [0.2, 0.25) is 0 Å². The fourth-order valence-corrected chi connectivity index (χ4v) is 5.68. The summed E-state index contributed by atoms with van der Waals surface area (Å²) in [5.74, 6) is -0.403. The van der Waals surface area contributed by atoms with Crippen LogP contribution in [-0.4, -0.2) is 65.7 Å². The minimum atomic E-state index is -0.402. The molecule has 2 aromatic carbocycles. The van der Waals surface area contributed by atoms with Crippen molar-refractivity contribution in [3.63, 3.8) is 0 Å². The molecular formula is C27H28BrClFN7O.